The first-order valence-electron chi connectivity index (χ1n) is 9.02. The standard InChI is InChI=1S/C18H26O10/c1-10-8-11(2-3-12(10)20)18(26-6-7-27-18)25-5-4-24-17-16(23)15(22)14(21)13(9-19)28-17/h2-3,8,13-17,19-23H,4-7,9H2,1H3/t13?,14-,15?,16-,17+/m1/s1. The lowest BCUT2D eigenvalue weighted by atomic mass is 9.99. The number of hydrogen-bond acceptors (Lipinski definition) is 10. The fraction of sp³-hybridized carbons (Fsp3) is 0.667. The van der Waals surface area contributed by atoms with E-state index in [9.17, 15) is 25.5 Å². The van der Waals surface area contributed by atoms with Gasteiger partial charge in [0, 0.05) is 5.56 Å². The molecular weight excluding hydrogens is 376 g/mol. The van der Waals surface area contributed by atoms with Crippen molar-refractivity contribution in [3.8, 4) is 5.75 Å². The normalized spacial score (nSPS) is 32.5. The Bertz CT molecular complexity index is 645. The van der Waals surface area contributed by atoms with Crippen molar-refractivity contribution in [1.82, 2.24) is 0 Å². The van der Waals surface area contributed by atoms with Gasteiger partial charge in [0.15, 0.2) is 6.29 Å². The molecule has 0 aromatic heterocycles. The number of aliphatic hydroxyl groups is 4. The second-order valence-corrected chi connectivity index (χ2v) is 6.67. The molecule has 2 heterocycles. The highest BCUT2D eigenvalue weighted by Crippen LogP contribution is 2.35. The Kier molecular flexibility index (Phi) is 6.86. The molecule has 0 bridgehead atoms. The summed E-state index contributed by atoms with van der Waals surface area (Å²) in [5.41, 5.74) is 1.21. The molecule has 2 aliphatic heterocycles. The Morgan fingerprint density at radius 2 is 1.79 bits per heavy atom. The quantitative estimate of drug-likeness (QED) is 0.348. The zero-order valence-electron chi connectivity index (χ0n) is 15.4. The van der Waals surface area contributed by atoms with E-state index in [1.165, 1.54) is 6.07 Å². The van der Waals surface area contributed by atoms with E-state index in [-0.39, 0.29) is 19.0 Å². The van der Waals surface area contributed by atoms with Crippen molar-refractivity contribution in [2.75, 3.05) is 33.0 Å². The molecule has 2 saturated heterocycles. The van der Waals surface area contributed by atoms with E-state index in [2.05, 4.69) is 0 Å². The number of aromatic hydroxyl groups is 1. The summed E-state index contributed by atoms with van der Waals surface area (Å²) >= 11 is 0. The maximum Gasteiger partial charge on any atom is 0.312 e. The van der Waals surface area contributed by atoms with Gasteiger partial charge in [0.25, 0.3) is 0 Å². The van der Waals surface area contributed by atoms with Crippen LogP contribution in [0.25, 0.3) is 0 Å². The van der Waals surface area contributed by atoms with Gasteiger partial charge in [-0.15, -0.1) is 0 Å². The summed E-state index contributed by atoms with van der Waals surface area (Å²) in [6.45, 7) is 1.81. The van der Waals surface area contributed by atoms with E-state index >= 15 is 0 Å². The predicted octanol–water partition coefficient (Wildman–Crippen LogP) is -1.31. The van der Waals surface area contributed by atoms with Gasteiger partial charge in [0.2, 0.25) is 0 Å². The van der Waals surface area contributed by atoms with Gasteiger partial charge in [-0.2, -0.15) is 0 Å². The fourth-order valence-electron chi connectivity index (χ4n) is 3.12. The van der Waals surface area contributed by atoms with E-state index < -0.39 is 43.3 Å². The Labute approximate surface area is 161 Å². The predicted molar refractivity (Wildman–Crippen MR) is 92.1 cm³/mol. The van der Waals surface area contributed by atoms with Crippen LogP contribution in [-0.2, 0) is 29.7 Å². The van der Waals surface area contributed by atoms with Crippen molar-refractivity contribution in [3.63, 3.8) is 0 Å². The van der Waals surface area contributed by atoms with E-state index in [0.717, 1.165) is 0 Å². The van der Waals surface area contributed by atoms with Crippen molar-refractivity contribution in [2.45, 2.75) is 43.6 Å². The van der Waals surface area contributed by atoms with Crippen LogP contribution >= 0.6 is 0 Å². The minimum atomic E-state index is -1.51. The fourth-order valence-corrected chi connectivity index (χ4v) is 3.12. The van der Waals surface area contributed by atoms with Crippen molar-refractivity contribution in [2.24, 2.45) is 0 Å². The van der Waals surface area contributed by atoms with Crippen LogP contribution < -0.4 is 0 Å². The zero-order valence-corrected chi connectivity index (χ0v) is 15.4. The van der Waals surface area contributed by atoms with Crippen LogP contribution in [-0.4, -0.2) is 89.3 Å². The lowest BCUT2D eigenvalue weighted by Crippen LogP contribution is -2.59. The number of benzene rings is 1. The molecule has 1 aromatic rings. The van der Waals surface area contributed by atoms with Crippen molar-refractivity contribution in [1.29, 1.82) is 0 Å². The van der Waals surface area contributed by atoms with Crippen LogP contribution in [0.2, 0.25) is 0 Å². The third-order valence-electron chi connectivity index (χ3n) is 4.72. The molecule has 5 atom stereocenters. The van der Waals surface area contributed by atoms with Crippen LogP contribution in [0, 0.1) is 6.92 Å². The molecule has 28 heavy (non-hydrogen) atoms. The molecule has 0 spiro atoms. The van der Waals surface area contributed by atoms with Crippen molar-refractivity contribution in [3.05, 3.63) is 29.3 Å². The minimum Gasteiger partial charge on any atom is -0.508 e. The third kappa shape index (κ3) is 4.30. The molecule has 0 radical (unpaired) electrons. The molecule has 2 unspecified atom stereocenters. The summed E-state index contributed by atoms with van der Waals surface area (Å²) < 4.78 is 27.7. The Balaban J connectivity index is 1.57. The molecular formula is C18H26O10. The molecule has 0 aliphatic carbocycles. The zero-order chi connectivity index (χ0) is 20.3. The Morgan fingerprint density at radius 1 is 1.07 bits per heavy atom. The molecule has 3 rings (SSSR count). The van der Waals surface area contributed by atoms with Gasteiger partial charge in [0.1, 0.15) is 30.2 Å². The number of ether oxygens (including phenoxy) is 5. The van der Waals surface area contributed by atoms with Gasteiger partial charge in [-0.1, -0.05) is 0 Å². The lowest BCUT2D eigenvalue weighted by molar-refractivity contribution is -0.352. The van der Waals surface area contributed by atoms with E-state index in [1.807, 2.05) is 0 Å². The molecule has 2 fully saturated rings. The highest BCUT2D eigenvalue weighted by atomic mass is 16.9. The summed E-state index contributed by atoms with van der Waals surface area (Å²) in [7, 11) is 0. The summed E-state index contributed by atoms with van der Waals surface area (Å²) in [6.07, 6.45) is -6.72. The second-order valence-electron chi connectivity index (χ2n) is 6.67. The Hall–Kier alpha value is -1.34. The molecule has 0 amide bonds. The molecule has 5 N–H and O–H groups in total. The number of phenolic OH excluding ortho intramolecular Hbond substituents is 1. The molecule has 158 valence electrons. The van der Waals surface area contributed by atoms with Gasteiger partial charge in [-0.25, -0.2) is 0 Å². The van der Waals surface area contributed by atoms with Gasteiger partial charge in [-0.05, 0) is 30.7 Å². The minimum absolute atomic E-state index is 0.00502. The summed E-state index contributed by atoms with van der Waals surface area (Å²) in [5, 5.41) is 48.4. The SMILES string of the molecule is Cc1cc(C2(OCCO[C@H]3OC(CO)[C@@H](O)C(O)[C@H]3O)OCCO2)ccc1O. The molecule has 0 saturated carbocycles. The van der Waals surface area contributed by atoms with Crippen LogP contribution in [0.3, 0.4) is 0 Å². The molecule has 10 heteroatoms. The van der Waals surface area contributed by atoms with Crippen LogP contribution in [0.15, 0.2) is 18.2 Å². The molecule has 2 aliphatic rings. The lowest BCUT2D eigenvalue weighted by Gasteiger charge is -2.39. The second kappa shape index (κ2) is 8.99. The average Bonchev–Trinajstić information content (AvgIpc) is 3.17. The number of aryl methyl sites for hydroxylation is 1. The van der Waals surface area contributed by atoms with E-state index in [0.29, 0.717) is 24.3 Å². The third-order valence-corrected chi connectivity index (χ3v) is 4.72. The van der Waals surface area contributed by atoms with Gasteiger partial charge >= 0.3 is 5.97 Å². The highest BCUT2D eigenvalue weighted by molar-refractivity contribution is 5.36. The number of phenols is 1. The number of rotatable bonds is 7. The highest BCUT2D eigenvalue weighted by Gasteiger charge is 2.44. The van der Waals surface area contributed by atoms with Crippen LogP contribution in [0.5, 0.6) is 5.75 Å². The first-order valence-corrected chi connectivity index (χ1v) is 9.02. The van der Waals surface area contributed by atoms with Crippen molar-refractivity contribution >= 4 is 0 Å². The maximum absolute atomic E-state index is 9.96. The average molecular weight is 402 g/mol. The van der Waals surface area contributed by atoms with E-state index in [1.54, 1.807) is 19.1 Å². The first-order chi connectivity index (χ1) is 13.4. The first kappa shape index (κ1) is 21.4. The van der Waals surface area contributed by atoms with E-state index in [4.69, 9.17) is 23.7 Å². The van der Waals surface area contributed by atoms with Crippen LogP contribution in [0.4, 0.5) is 0 Å². The molecule has 1 aromatic carbocycles. The monoisotopic (exact) mass is 402 g/mol. The summed E-state index contributed by atoms with van der Waals surface area (Å²) in [6, 6.07) is 4.84. The largest absolute Gasteiger partial charge is 0.508 e. The van der Waals surface area contributed by atoms with Crippen molar-refractivity contribution < 1.29 is 49.2 Å². The molecule has 10 nitrogen and oxygen atoms in total. The summed E-state index contributed by atoms with van der Waals surface area (Å²) in [5.74, 6) is -1.29. The summed E-state index contributed by atoms with van der Waals surface area (Å²) in [4.78, 5) is 0. The van der Waals surface area contributed by atoms with Crippen LogP contribution in [0.1, 0.15) is 11.1 Å². The Morgan fingerprint density at radius 3 is 2.43 bits per heavy atom. The number of hydrogen-bond donors (Lipinski definition) is 5. The number of aliphatic hydroxyl groups excluding tert-OH is 4. The van der Waals surface area contributed by atoms with Gasteiger partial charge in [0.05, 0.1) is 33.0 Å². The smallest absolute Gasteiger partial charge is 0.312 e. The van der Waals surface area contributed by atoms with Gasteiger partial charge in [-0.3, -0.25) is 0 Å². The maximum atomic E-state index is 9.96. The van der Waals surface area contributed by atoms with Gasteiger partial charge < -0.3 is 49.2 Å². The topological polar surface area (TPSA) is 147 Å².